The monoisotopic (exact) mass is 350 g/mol. The maximum Gasteiger partial charge on any atom is 0.269 e. The van der Waals surface area contributed by atoms with Crippen LogP contribution >= 0.6 is 0 Å². The van der Waals surface area contributed by atoms with Gasteiger partial charge in [-0.1, -0.05) is 48.5 Å². The molecule has 0 aliphatic heterocycles. The van der Waals surface area contributed by atoms with Crippen LogP contribution in [0, 0.1) is 10.1 Å². The fourth-order valence-electron chi connectivity index (χ4n) is 2.66. The van der Waals surface area contributed by atoms with Gasteiger partial charge >= 0.3 is 0 Å². The van der Waals surface area contributed by atoms with E-state index in [1.165, 1.54) is 12.1 Å². The Morgan fingerprint density at radius 1 is 1.00 bits per heavy atom. The number of nitrogens with zero attached hydrogens (tertiary/aromatic N) is 1. The number of non-ortho nitro benzene ring substituents is 1. The molecule has 0 fully saturated rings. The van der Waals surface area contributed by atoms with Crippen molar-refractivity contribution in [2.24, 2.45) is 0 Å². The molecule has 0 heterocycles. The summed E-state index contributed by atoms with van der Waals surface area (Å²) >= 11 is 0. The molecule has 0 aliphatic carbocycles. The average molecular weight is 350 g/mol. The van der Waals surface area contributed by atoms with Crippen LogP contribution in [0.3, 0.4) is 0 Å². The van der Waals surface area contributed by atoms with Gasteiger partial charge in [0.15, 0.2) is 0 Å². The maximum absolute atomic E-state index is 12.0. The third kappa shape index (κ3) is 4.36. The number of amides is 1. The lowest BCUT2D eigenvalue weighted by Crippen LogP contribution is -2.29. The molecule has 132 valence electrons. The number of carbonyl (C=O) groups excluding carboxylic acids is 1. The van der Waals surface area contributed by atoms with E-state index in [1.54, 1.807) is 12.1 Å². The molecule has 0 saturated carbocycles. The van der Waals surface area contributed by atoms with E-state index in [1.807, 2.05) is 42.5 Å². The van der Waals surface area contributed by atoms with Crippen molar-refractivity contribution in [1.29, 1.82) is 0 Å². The summed E-state index contributed by atoms with van der Waals surface area (Å²) < 4.78 is 5.77. The van der Waals surface area contributed by atoms with Gasteiger partial charge in [0.2, 0.25) is 5.91 Å². The molecular formula is C20H18N2O4. The normalized spacial score (nSPS) is 10.5. The molecule has 0 spiro atoms. The van der Waals surface area contributed by atoms with Crippen LogP contribution in [-0.2, 0) is 11.2 Å². The summed E-state index contributed by atoms with van der Waals surface area (Å²) in [7, 11) is 0. The second-order valence-electron chi connectivity index (χ2n) is 5.78. The maximum atomic E-state index is 12.0. The van der Waals surface area contributed by atoms with Crippen molar-refractivity contribution in [2.75, 3.05) is 13.2 Å². The van der Waals surface area contributed by atoms with E-state index < -0.39 is 4.92 Å². The summed E-state index contributed by atoms with van der Waals surface area (Å²) in [5.74, 6) is 0.632. The summed E-state index contributed by atoms with van der Waals surface area (Å²) in [5.41, 5.74) is 0.737. The van der Waals surface area contributed by atoms with Crippen LogP contribution < -0.4 is 10.1 Å². The van der Waals surface area contributed by atoms with Crippen molar-refractivity contribution < 1.29 is 14.5 Å². The van der Waals surface area contributed by atoms with Crippen molar-refractivity contribution in [2.45, 2.75) is 6.42 Å². The van der Waals surface area contributed by atoms with Crippen LogP contribution in [0.15, 0.2) is 66.7 Å². The van der Waals surface area contributed by atoms with Gasteiger partial charge in [0.25, 0.3) is 5.69 Å². The Hall–Kier alpha value is -3.41. The van der Waals surface area contributed by atoms with Gasteiger partial charge in [0.1, 0.15) is 12.4 Å². The third-order valence-electron chi connectivity index (χ3n) is 3.94. The molecule has 0 aromatic heterocycles. The molecule has 3 aromatic carbocycles. The molecule has 0 radical (unpaired) electrons. The average Bonchev–Trinajstić information content (AvgIpc) is 2.66. The first kappa shape index (κ1) is 17.4. The van der Waals surface area contributed by atoms with Crippen molar-refractivity contribution in [3.8, 4) is 5.75 Å². The summed E-state index contributed by atoms with van der Waals surface area (Å²) in [6, 6.07) is 19.8. The molecular weight excluding hydrogens is 332 g/mol. The number of nitrogens with one attached hydrogen (secondary N) is 1. The Morgan fingerprint density at radius 2 is 1.73 bits per heavy atom. The smallest absolute Gasteiger partial charge is 0.269 e. The lowest BCUT2D eigenvalue weighted by Gasteiger charge is -2.10. The van der Waals surface area contributed by atoms with Crippen molar-refractivity contribution in [1.82, 2.24) is 5.32 Å². The van der Waals surface area contributed by atoms with Crippen molar-refractivity contribution in [3.05, 3.63) is 82.4 Å². The van der Waals surface area contributed by atoms with Crippen LogP contribution in [0.5, 0.6) is 5.75 Å². The van der Waals surface area contributed by atoms with E-state index in [9.17, 15) is 14.9 Å². The summed E-state index contributed by atoms with van der Waals surface area (Å²) in [4.78, 5) is 22.1. The van der Waals surface area contributed by atoms with E-state index in [4.69, 9.17) is 4.74 Å². The van der Waals surface area contributed by atoms with E-state index in [-0.39, 0.29) is 18.0 Å². The van der Waals surface area contributed by atoms with Gasteiger partial charge in [-0.25, -0.2) is 0 Å². The quantitative estimate of drug-likeness (QED) is 0.402. The van der Waals surface area contributed by atoms with Crippen LogP contribution in [0.25, 0.3) is 10.8 Å². The van der Waals surface area contributed by atoms with E-state index in [0.29, 0.717) is 13.2 Å². The lowest BCUT2D eigenvalue weighted by atomic mass is 10.1. The molecule has 0 aliphatic rings. The molecule has 26 heavy (non-hydrogen) atoms. The van der Waals surface area contributed by atoms with Crippen LogP contribution in [0.1, 0.15) is 5.56 Å². The number of benzene rings is 3. The van der Waals surface area contributed by atoms with Gasteiger partial charge in [-0.15, -0.1) is 0 Å². The minimum Gasteiger partial charge on any atom is -0.491 e. The predicted molar refractivity (Wildman–Crippen MR) is 99.3 cm³/mol. The standard InChI is InChI=1S/C20H18N2O4/c23-20(14-15-8-10-17(11-9-15)22(24)25)21-12-13-26-19-7-3-5-16-4-1-2-6-18(16)19/h1-11H,12-14H2,(H,21,23). The Balaban J connectivity index is 1.47. The highest BCUT2D eigenvalue weighted by Crippen LogP contribution is 2.24. The highest BCUT2D eigenvalue weighted by molar-refractivity contribution is 5.88. The van der Waals surface area contributed by atoms with Gasteiger partial charge in [-0.05, 0) is 17.0 Å². The second kappa shape index (κ2) is 8.11. The molecule has 0 atom stereocenters. The molecule has 3 aromatic rings. The SMILES string of the molecule is O=C(Cc1ccc([N+](=O)[O-])cc1)NCCOc1cccc2ccccc12. The third-order valence-corrected chi connectivity index (χ3v) is 3.94. The van der Waals surface area contributed by atoms with Gasteiger partial charge in [-0.2, -0.15) is 0 Å². The summed E-state index contributed by atoms with van der Waals surface area (Å²) in [6.07, 6.45) is 0.173. The van der Waals surface area contributed by atoms with E-state index in [0.717, 1.165) is 22.1 Å². The highest BCUT2D eigenvalue weighted by Gasteiger charge is 2.07. The number of hydrogen-bond donors (Lipinski definition) is 1. The number of hydrogen-bond acceptors (Lipinski definition) is 4. The Labute approximate surface area is 150 Å². The molecule has 0 unspecified atom stereocenters. The van der Waals surface area contributed by atoms with Gasteiger partial charge in [-0.3, -0.25) is 14.9 Å². The second-order valence-corrected chi connectivity index (χ2v) is 5.78. The lowest BCUT2D eigenvalue weighted by molar-refractivity contribution is -0.384. The first-order valence-electron chi connectivity index (χ1n) is 8.24. The zero-order chi connectivity index (χ0) is 18.4. The zero-order valence-electron chi connectivity index (χ0n) is 14.1. The molecule has 1 amide bonds. The van der Waals surface area contributed by atoms with E-state index in [2.05, 4.69) is 5.32 Å². The molecule has 0 saturated heterocycles. The number of fused-ring (bicyclic) bond motifs is 1. The topological polar surface area (TPSA) is 81.5 Å². The van der Waals surface area contributed by atoms with Crippen LogP contribution in [0.4, 0.5) is 5.69 Å². The number of nitro benzene ring substituents is 1. The first-order valence-corrected chi connectivity index (χ1v) is 8.24. The molecule has 1 N–H and O–H groups in total. The zero-order valence-corrected chi connectivity index (χ0v) is 14.1. The Bertz CT molecular complexity index is 917. The first-order chi connectivity index (χ1) is 12.6. The number of ether oxygens (including phenoxy) is 1. The highest BCUT2D eigenvalue weighted by atomic mass is 16.6. The minimum atomic E-state index is -0.464. The molecule has 3 rings (SSSR count). The van der Waals surface area contributed by atoms with Gasteiger partial charge < -0.3 is 10.1 Å². The summed E-state index contributed by atoms with van der Waals surface area (Å²) in [6.45, 7) is 0.745. The van der Waals surface area contributed by atoms with Gasteiger partial charge in [0.05, 0.1) is 17.9 Å². The Kier molecular flexibility index (Phi) is 5.43. The minimum absolute atomic E-state index is 0.0117. The van der Waals surface area contributed by atoms with Crippen LogP contribution in [0.2, 0.25) is 0 Å². The van der Waals surface area contributed by atoms with Gasteiger partial charge in [0, 0.05) is 17.5 Å². The summed E-state index contributed by atoms with van der Waals surface area (Å²) in [5, 5.41) is 15.5. The molecule has 0 bridgehead atoms. The molecule has 6 nitrogen and oxygen atoms in total. The number of rotatable bonds is 7. The van der Waals surface area contributed by atoms with E-state index >= 15 is 0 Å². The fourth-order valence-corrected chi connectivity index (χ4v) is 2.66. The number of nitro groups is 1. The molecule has 6 heteroatoms. The van der Waals surface area contributed by atoms with Crippen LogP contribution in [-0.4, -0.2) is 24.0 Å². The fraction of sp³-hybridized carbons (Fsp3) is 0.150. The largest absolute Gasteiger partial charge is 0.491 e. The van der Waals surface area contributed by atoms with Crippen molar-refractivity contribution in [3.63, 3.8) is 0 Å². The van der Waals surface area contributed by atoms with Crippen molar-refractivity contribution >= 4 is 22.4 Å². The number of carbonyl (C=O) groups is 1. The Morgan fingerprint density at radius 3 is 2.50 bits per heavy atom. The predicted octanol–water partition coefficient (Wildman–Crippen LogP) is 3.49.